The molecule has 0 bridgehead atoms. The quantitative estimate of drug-likeness (QED) is 0.732. The molecule has 1 aliphatic rings. The molecule has 24 heavy (non-hydrogen) atoms. The van der Waals surface area contributed by atoms with Crippen LogP contribution in [-0.4, -0.2) is 38.5 Å². The van der Waals surface area contributed by atoms with Gasteiger partial charge in [-0.3, -0.25) is 0 Å². The molecule has 1 heterocycles. The van der Waals surface area contributed by atoms with Gasteiger partial charge < -0.3 is 14.1 Å². The molecular formula is C19H31NO3Si. The Hall–Kier alpha value is -1.33. The van der Waals surface area contributed by atoms with Gasteiger partial charge in [0.1, 0.15) is 6.61 Å². The van der Waals surface area contributed by atoms with E-state index in [2.05, 4.69) is 33.9 Å². The predicted octanol–water partition coefficient (Wildman–Crippen LogP) is 4.81. The van der Waals surface area contributed by atoms with Gasteiger partial charge in [-0.25, -0.2) is 4.79 Å². The third-order valence-electron chi connectivity index (χ3n) is 5.17. The van der Waals surface area contributed by atoms with E-state index >= 15 is 0 Å². The minimum Gasteiger partial charge on any atom is -0.445 e. The van der Waals surface area contributed by atoms with Gasteiger partial charge in [-0.15, -0.1) is 0 Å². The second-order valence-corrected chi connectivity index (χ2v) is 12.9. The Kier molecular flexibility index (Phi) is 6.10. The lowest BCUT2D eigenvalue weighted by Gasteiger charge is -2.41. The first kappa shape index (κ1) is 19.0. The Labute approximate surface area is 147 Å². The third kappa shape index (κ3) is 5.08. The third-order valence-corrected chi connectivity index (χ3v) is 9.71. The number of benzene rings is 1. The van der Waals surface area contributed by atoms with Gasteiger partial charge in [0.05, 0.1) is 0 Å². The normalized spacial score (nSPS) is 17.0. The number of amides is 1. The van der Waals surface area contributed by atoms with Crippen LogP contribution in [0, 0.1) is 0 Å². The van der Waals surface area contributed by atoms with Gasteiger partial charge >= 0.3 is 6.09 Å². The van der Waals surface area contributed by atoms with Crippen molar-refractivity contribution in [2.45, 2.75) is 64.5 Å². The second-order valence-electron chi connectivity index (χ2n) is 8.10. The minimum atomic E-state index is -1.74. The fourth-order valence-corrected chi connectivity index (χ4v) is 3.98. The number of ether oxygens (including phenoxy) is 1. The van der Waals surface area contributed by atoms with Gasteiger partial charge in [-0.1, -0.05) is 51.1 Å². The molecule has 4 nitrogen and oxygen atoms in total. The zero-order valence-corrected chi connectivity index (χ0v) is 16.7. The fourth-order valence-electron chi connectivity index (χ4n) is 2.56. The molecule has 0 saturated carbocycles. The van der Waals surface area contributed by atoms with Gasteiger partial charge in [0, 0.05) is 19.2 Å². The molecule has 0 unspecified atom stereocenters. The molecule has 0 aliphatic carbocycles. The Balaban J connectivity index is 1.77. The molecule has 2 rings (SSSR count). The summed E-state index contributed by atoms with van der Waals surface area (Å²) in [5, 5.41) is 0.221. The molecule has 1 aromatic rings. The first-order valence-corrected chi connectivity index (χ1v) is 11.7. The number of piperidine rings is 1. The average Bonchev–Trinajstić information content (AvgIpc) is 2.53. The van der Waals surface area contributed by atoms with Crippen molar-refractivity contribution >= 4 is 14.4 Å². The van der Waals surface area contributed by atoms with Crippen LogP contribution in [-0.2, 0) is 15.8 Å². The van der Waals surface area contributed by atoms with Crippen LogP contribution in [0.1, 0.15) is 39.2 Å². The highest BCUT2D eigenvalue weighted by Gasteiger charge is 2.40. The summed E-state index contributed by atoms with van der Waals surface area (Å²) >= 11 is 0. The molecule has 1 aromatic carbocycles. The van der Waals surface area contributed by atoms with Crippen molar-refractivity contribution in [1.82, 2.24) is 4.90 Å². The summed E-state index contributed by atoms with van der Waals surface area (Å²) in [6.07, 6.45) is 1.84. The van der Waals surface area contributed by atoms with Crippen molar-refractivity contribution in [3.8, 4) is 0 Å². The summed E-state index contributed by atoms with van der Waals surface area (Å²) in [7, 11) is -1.74. The Morgan fingerprint density at radius 3 is 2.29 bits per heavy atom. The van der Waals surface area contributed by atoms with Crippen molar-refractivity contribution in [1.29, 1.82) is 0 Å². The molecule has 0 N–H and O–H groups in total. The summed E-state index contributed by atoms with van der Waals surface area (Å²) in [5.41, 5.74) is 1.02. The highest BCUT2D eigenvalue weighted by Crippen LogP contribution is 2.38. The topological polar surface area (TPSA) is 38.8 Å². The van der Waals surface area contributed by atoms with E-state index in [0.717, 1.165) is 18.4 Å². The number of hydrogen-bond acceptors (Lipinski definition) is 3. The van der Waals surface area contributed by atoms with Crippen LogP contribution >= 0.6 is 0 Å². The number of carbonyl (C=O) groups excluding carboxylic acids is 1. The zero-order chi connectivity index (χ0) is 17.8. The maximum atomic E-state index is 12.2. The van der Waals surface area contributed by atoms with Crippen molar-refractivity contribution in [2.24, 2.45) is 0 Å². The zero-order valence-electron chi connectivity index (χ0n) is 15.7. The number of hydrogen-bond donors (Lipinski definition) is 0. The minimum absolute atomic E-state index is 0.218. The largest absolute Gasteiger partial charge is 0.445 e. The van der Waals surface area contributed by atoms with E-state index in [9.17, 15) is 4.79 Å². The lowest BCUT2D eigenvalue weighted by molar-refractivity contribution is 0.0596. The smallest absolute Gasteiger partial charge is 0.410 e. The molecular weight excluding hydrogens is 318 g/mol. The number of carbonyl (C=O) groups is 1. The summed E-state index contributed by atoms with van der Waals surface area (Å²) in [6.45, 7) is 13.1. The molecule has 1 fully saturated rings. The number of likely N-dealkylation sites (tertiary alicyclic amines) is 1. The van der Waals surface area contributed by atoms with E-state index < -0.39 is 8.32 Å². The maximum absolute atomic E-state index is 12.2. The second kappa shape index (κ2) is 7.70. The van der Waals surface area contributed by atoms with Crippen molar-refractivity contribution in [3.63, 3.8) is 0 Å². The molecule has 5 heteroatoms. The summed E-state index contributed by atoms with van der Waals surface area (Å²) in [5.74, 6) is 0. The van der Waals surface area contributed by atoms with Crippen LogP contribution in [0.4, 0.5) is 4.79 Å². The van der Waals surface area contributed by atoms with Gasteiger partial charge in [0.2, 0.25) is 0 Å². The SMILES string of the molecule is CC(C)(C)[Si](C)(C)OC1CCN(C(=O)OCc2ccccc2)CC1. The molecule has 1 saturated heterocycles. The van der Waals surface area contributed by atoms with E-state index in [4.69, 9.17) is 9.16 Å². The van der Waals surface area contributed by atoms with Gasteiger partial charge in [0.15, 0.2) is 8.32 Å². The van der Waals surface area contributed by atoms with Gasteiger partial charge in [-0.05, 0) is 36.5 Å². The van der Waals surface area contributed by atoms with Crippen molar-refractivity contribution < 1.29 is 14.0 Å². The molecule has 0 radical (unpaired) electrons. The highest BCUT2D eigenvalue weighted by atomic mass is 28.4. The van der Waals surface area contributed by atoms with Crippen LogP contribution in [0.25, 0.3) is 0 Å². The van der Waals surface area contributed by atoms with Gasteiger partial charge in [0.25, 0.3) is 0 Å². The van der Waals surface area contributed by atoms with Crippen LogP contribution in [0.5, 0.6) is 0 Å². The van der Waals surface area contributed by atoms with Crippen molar-refractivity contribution in [3.05, 3.63) is 35.9 Å². The summed E-state index contributed by atoms with van der Waals surface area (Å²) in [4.78, 5) is 14.0. The standard InChI is InChI=1S/C19H31NO3Si/c1-19(2,3)24(4,5)23-17-11-13-20(14-12-17)18(21)22-15-16-9-7-6-8-10-16/h6-10,17H,11-15H2,1-5H3. The Bertz CT molecular complexity index is 531. The van der Waals surface area contributed by atoms with Crippen LogP contribution in [0.2, 0.25) is 18.1 Å². The van der Waals surface area contributed by atoms with Crippen LogP contribution in [0.15, 0.2) is 30.3 Å². The fraction of sp³-hybridized carbons (Fsp3) is 0.632. The predicted molar refractivity (Wildman–Crippen MR) is 99.5 cm³/mol. The van der Waals surface area contributed by atoms with E-state index in [1.54, 1.807) is 4.90 Å². The van der Waals surface area contributed by atoms with E-state index in [-0.39, 0.29) is 17.2 Å². The maximum Gasteiger partial charge on any atom is 0.410 e. The van der Waals surface area contributed by atoms with E-state index in [1.807, 2.05) is 30.3 Å². The molecule has 0 spiro atoms. The number of rotatable bonds is 4. The molecule has 0 atom stereocenters. The average molecular weight is 350 g/mol. The lowest BCUT2D eigenvalue weighted by Crippen LogP contribution is -2.48. The van der Waals surface area contributed by atoms with Crippen molar-refractivity contribution in [2.75, 3.05) is 13.1 Å². The van der Waals surface area contributed by atoms with Crippen LogP contribution in [0.3, 0.4) is 0 Å². The van der Waals surface area contributed by atoms with Crippen LogP contribution < -0.4 is 0 Å². The molecule has 1 aliphatic heterocycles. The summed E-state index contributed by atoms with van der Waals surface area (Å²) < 4.78 is 11.9. The Morgan fingerprint density at radius 1 is 1.17 bits per heavy atom. The van der Waals surface area contributed by atoms with E-state index in [1.165, 1.54) is 0 Å². The first-order chi connectivity index (χ1) is 11.2. The first-order valence-electron chi connectivity index (χ1n) is 8.82. The van der Waals surface area contributed by atoms with E-state index in [0.29, 0.717) is 19.7 Å². The highest BCUT2D eigenvalue weighted by molar-refractivity contribution is 6.74. The summed E-state index contributed by atoms with van der Waals surface area (Å²) in [6, 6.07) is 9.79. The molecule has 134 valence electrons. The van der Waals surface area contributed by atoms with Gasteiger partial charge in [-0.2, -0.15) is 0 Å². The number of nitrogens with zero attached hydrogens (tertiary/aromatic N) is 1. The molecule has 0 aromatic heterocycles. The lowest BCUT2D eigenvalue weighted by atomic mass is 10.1. The molecule has 1 amide bonds. The monoisotopic (exact) mass is 349 g/mol. The Morgan fingerprint density at radius 2 is 1.75 bits per heavy atom.